The lowest BCUT2D eigenvalue weighted by Crippen LogP contribution is -2.11. The molecule has 14 heavy (non-hydrogen) atoms. The first-order chi connectivity index (χ1) is 6.77. The van der Waals surface area contributed by atoms with Crippen LogP contribution in [0.5, 0.6) is 0 Å². The van der Waals surface area contributed by atoms with Gasteiger partial charge in [0, 0.05) is 11.8 Å². The Labute approximate surface area is 80.4 Å². The van der Waals surface area contributed by atoms with Crippen LogP contribution in [0.2, 0.25) is 0 Å². The Morgan fingerprint density at radius 1 is 1.36 bits per heavy atom. The lowest BCUT2D eigenvalue weighted by atomic mass is 10.0. The second kappa shape index (κ2) is 3.59. The summed E-state index contributed by atoms with van der Waals surface area (Å²) in [5.74, 6) is -0.388. The zero-order valence-electron chi connectivity index (χ0n) is 7.35. The van der Waals surface area contributed by atoms with Crippen LogP contribution in [-0.2, 0) is 0 Å². The van der Waals surface area contributed by atoms with Crippen molar-refractivity contribution in [3.8, 4) is 0 Å². The van der Waals surface area contributed by atoms with Gasteiger partial charge in [-0.15, -0.1) is 0 Å². The molecule has 0 spiro atoms. The largest absolute Gasteiger partial charge is 0.472 e. The minimum Gasteiger partial charge on any atom is -0.472 e. The number of hydrogen-bond acceptors (Lipinski definition) is 3. The molecule has 1 atom stereocenters. The number of pyridine rings is 1. The summed E-state index contributed by atoms with van der Waals surface area (Å²) in [5, 5.41) is 0. The van der Waals surface area contributed by atoms with E-state index in [0.717, 1.165) is 11.8 Å². The van der Waals surface area contributed by atoms with Crippen LogP contribution < -0.4 is 5.73 Å². The molecular weight excluding hydrogens is 183 g/mol. The highest BCUT2D eigenvalue weighted by atomic mass is 19.1. The van der Waals surface area contributed by atoms with E-state index in [4.69, 9.17) is 10.2 Å². The number of furan rings is 1. The molecule has 0 bridgehead atoms. The molecule has 0 saturated carbocycles. The molecule has 72 valence electrons. The van der Waals surface area contributed by atoms with E-state index in [9.17, 15) is 4.39 Å². The number of halogens is 1. The maximum atomic E-state index is 12.8. The van der Waals surface area contributed by atoms with Crippen molar-refractivity contribution in [2.45, 2.75) is 6.04 Å². The van der Waals surface area contributed by atoms with Crippen LogP contribution >= 0.6 is 0 Å². The fourth-order valence-electron chi connectivity index (χ4n) is 1.24. The summed E-state index contributed by atoms with van der Waals surface area (Å²) in [5.41, 5.74) is 7.30. The van der Waals surface area contributed by atoms with Crippen molar-refractivity contribution in [3.05, 3.63) is 54.0 Å². The average molecular weight is 192 g/mol. The van der Waals surface area contributed by atoms with Crippen molar-refractivity contribution in [2.75, 3.05) is 0 Å². The summed E-state index contributed by atoms with van der Waals surface area (Å²) in [6, 6.07) is 2.72. The molecule has 0 aliphatic heterocycles. The molecule has 2 rings (SSSR count). The second-order valence-electron chi connectivity index (χ2n) is 2.97. The Balaban J connectivity index is 2.32. The summed E-state index contributed by atoms with van der Waals surface area (Å²) in [7, 11) is 0. The van der Waals surface area contributed by atoms with Gasteiger partial charge in [0.05, 0.1) is 24.8 Å². The monoisotopic (exact) mass is 192 g/mol. The molecule has 1 unspecified atom stereocenters. The molecule has 0 amide bonds. The summed E-state index contributed by atoms with van der Waals surface area (Å²) in [4.78, 5) is 3.73. The van der Waals surface area contributed by atoms with E-state index in [2.05, 4.69) is 4.98 Å². The predicted molar refractivity (Wildman–Crippen MR) is 48.9 cm³/mol. The topological polar surface area (TPSA) is 52.0 Å². The Bertz CT molecular complexity index is 414. The SMILES string of the molecule is NC(c1ccoc1)c1cncc(F)c1. The van der Waals surface area contributed by atoms with Crippen molar-refractivity contribution < 1.29 is 8.81 Å². The lowest BCUT2D eigenvalue weighted by molar-refractivity contribution is 0.561. The Morgan fingerprint density at radius 3 is 2.86 bits per heavy atom. The molecule has 2 heterocycles. The minimum absolute atomic E-state index is 0.388. The summed E-state index contributed by atoms with van der Waals surface area (Å²) < 4.78 is 17.7. The quantitative estimate of drug-likeness (QED) is 0.790. The van der Waals surface area contributed by atoms with E-state index in [-0.39, 0.29) is 5.82 Å². The van der Waals surface area contributed by atoms with Gasteiger partial charge in [-0.05, 0) is 17.7 Å². The molecule has 3 nitrogen and oxygen atoms in total. The van der Waals surface area contributed by atoms with Gasteiger partial charge in [0.15, 0.2) is 0 Å². The van der Waals surface area contributed by atoms with E-state index < -0.39 is 6.04 Å². The van der Waals surface area contributed by atoms with Gasteiger partial charge in [-0.1, -0.05) is 0 Å². The first kappa shape index (κ1) is 8.90. The van der Waals surface area contributed by atoms with Gasteiger partial charge in [0.25, 0.3) is 0 Å². The molecular formula is C10H9FN2O. The fourth-order valence-corrected chi connectivity index (χ4v) is 1.24. The Morgan fingerprint density at radius 2 is 2.21 bits per heavy atom. The van der Waals surface area contributed by atoms with Crippen molar-refractivity contribution in [2.24, 2.45) is 5.73 Å². The lowest BCUT2D eigenvalue weighted by Gasteiger charge is -2.08. The van der Waals surface area contributed by atoms with Gasteiger partial charge >= 0.3 is 0 Å². The molecule has 2 aromatic heterocycles. The maximum Gasteiger partial charge on any atom is 0.141 e. The molecule has 2 aromatic rings. The highest BCUT2D eigenvalue weighted by molar-refractivity contribution is 5.26. The zero-order valence-corrected chi connectivity index (χ0v) is 7.35. The normalized spacial score (nSPS) is 12.7. The summed E-state index contributed by atoms with van der Waals surface area (Å²) >= 11 is 0. The summed E-state index contributed by atoms with van der Waals surface area (Å²) in [6.45, 7) is 0. The van der Waals surface area contributed by atoms with Gasteiger partial charge in [-0.25, -0.2) is 4.39 Å². The molecule has 0 aromatic carbocycles. The van der Waals surface area contributed by atoms with E-state index in [1.807, 2.05) is 0 Å². The molecule has 0 radical (unpaired) electrons. The van der Waals surface area contributed by atoms with Crippen LogP contribution in [-0.4, -0.2) is 4.98 Å². The highest BCUT2D eigenvalue weighted by Gasteiger charge is 2.10. The van der Waals surface area contributed by atoms with Crippen molar-refractivity contribution in [3.63, 3.8) is 0 Å². The molecule has 0 aliphatic rings. The number of nitrogens with two attached hydrogens (primary N) is 1. The Kier molecular flexibility index (Phi) is 2.28. The standard InChI is InChI=1S/C10H9FN2O/c11-9-3-8(4-13-5-9)10(12)7-1-2-14-6-7/h1-6,10H,12H2. The molecule has 4 heteroatoms. The van der Waals surface area contributed by atoms with Crippen LogP contribution in [0.25, 0.3) is 0 Å². The first-order valence-electron chi connectivity index (χ1n) is 4.15. The van der Waals surface area contributed by atoms with Gasteiger partial charge in [-0.2, -0.15) is 0 Å². The third-order valence-electron chi connectivity index (χ3n) is 1.99. The zero-order chi connectivity index (χ0) is 9.97. The van der Waals surface area contributed by atoms with E-state index in [1.54, 1.807) is 12.3 Å². The Hall–Kier alpha value is -1.68. The molecule has 0 aliphatic carbocycles. The van der Waals surface area contributed by atoms with Crippen LogP contribution in [0.15, 0.2) is 41.5 Å². The van der Waals surface area contributed by atoms with Crippen molar-refractivity contribution in [1.29, 1.82) is 0 Å². The summed E-state index contributed by atoms with van der Waals surface area (Å²) in [6.07, 6.45) is 5.75. The molecule has 0 fully saturated rings. The first-order valence-corrected chi connectivity index (χ1v) is 4.15. The molecule has 2 N–H and O–H groups in total. The van der Waals surface area contributed by atoms with Gasteiger partial charge in [0.2, 0.25) is 0 Å². The fraction of sp³-hybridized carbons (Fsp3) is 0.100. The van der Waals surface area contributed by atoms with Crippen LogP contribution in [0.3, 0.4) is 0 Å². The van der Waals surface area contributed by atoms with Crippen molar-refractivity contribution >= 4 is 0 Å². The highest BCUT2D eigenvalue weighted by Crippen LogP contribution is 2.19. The van der Waals surface area contributed by atoms with E-state index in [0.29, 0.717) is 5.56 Å². The van der Waals surface area contributed by atoms with Gasteiger partial charge < -0.3 is 10.2 Å². The van der Waals surface area contributed by atoms with Crippen LogP contribution in [0.1, 0.15) is 17.2 Å². The third kappa shape index (κ3) is 1.65. The van der Waals surface area contributed by atoms with E-state index in [1.165, 1.54) is 18.6 Å². The van der Waals surface area contributed by atoms with E-state index >= 15 is 0 Å². The van der Waals surface area contributed by atoms with Gasteiger partial charge in [-0.3, -0.25) is 4.98 Å². The number of rotatable bonds is 2. The minimum atomic E-state index is -0.392. The molecule has 0 saturated heterocycles. The number of hydrogen-bond donors (Lipinski definition) is 1. The predicted octanol–water partition coefficient (Wildman–Crippen LogP) is 1.86. The van der Waals surface area contributed by atoms with Crippen LogP contribution in [0, 0.1) is 5.82 Å². The smallest absolute Gasteiger partial charge is 0.141 e. The average Bonchev–Trinajstić information content (AvgIpc) is 2.69. The number of nitrogens with zero attached hydrogens (tertiary/aromatic N) is 1. The van der Waals surface area contributed by atoms with Crippen molar-refractivity contribution in [1.82, 2.24) is 4.98 Å². The maximum absolute atomic E-state index is 12.8. The third-order valence-corrected chi connectivity index (χ3v) is 1.99. The van der Waals surface area contributed by atoms with Crippen LogP contribution in [0.4, 0.5) is 4.39 Å². The number of aromatic nitrogens is 1. The van der Waals surface area contributed by atoms with Gasteiger partial charge in [0.1, 0.15) is 5.82 Å². The second-order valence-corrected chi connectivity index (χ2v) is 2.97.